The number of rotatable bonds is 7. The van der Waals surface area contributed by atoms with Gasteiger partial charge in [-0.05, 0) is 48.6 Å². The van der Waals surface area contributed by atoms with Gasteiger partial charge >= 0.3 is 0 Å². The molecular weight excluding hydrogens is 434 g/mol. The number of carbonyl (C=O) groups excluding carboxylic acids is 1. The second kappa shape index (κ2) is 7.78. The molecule has 1 N–H and O–H groups in total. The van der Waals surface area contributed by atoms with Crippen molar-refractivity contribution in [2.24, 2.45) is 0 Å². The van der Waals surface area contributed by atoms with E-state index in [1.165, 1.54) is 16.1 Å². The molecule has 0 atom stereocenters. The Kier molecular flexibility index (Phi) is 5.08. The first-order valence-electron chi connectivity index (χ1n) is 10.0. The van der Waals surface area contributed by atoms with Gasteiger partial charge < -0.3 is 5.11 Å². The molecule has 1 saturated carbocycles. The number of pyridine rings is 1. The first-order chi connectivity index (χ1) is 15.0. The molecule has 0 radical (unpaired) electrons. The van der Waals surface area contributed by atoms with Crippen LogP contribution in [0.4, 0.5) is 0 Å². The lowest BCUT2D eigenvalue weighted by molar-refractivity contribution is -0.117. The zero-order chi connectivity index (χ0) is 21.6. The van der Waals surface area contributed by atoms with Crippen LogP contribution in [0.15, 0.2) is 36.8 Å². The van der Waals surface area contributed by atoms with Gasteiger partial charge in [0.2, 0.25) is 0 Å². The summed E-state index contributed by atoms with van der Waals surface area (Å²) in [5.41, 5.74) is 3.89. The summed E-state index contributed by atoms with van der Waals surface area (Å²) in [6.45, 7) is 2.01. The number of carbonyl (C=O) groups is 1. The Bertz CT molecular complexity index is 1280. The van der Waals surface area contributed by atoms with Crippen LogP contribution in [0, 0.1) is 6.92 Å². The van der Waals surface area contributed by atoms with Crippen LogP contribution in [0.2, 0.25) is 5.02 Å². The molecule has 4 aromatic rings. The van der Waals surface area contributed by atoms with Crippen molar-refractivity contribution >= 4 is 39.1 Å². The maximum absolute atomic E-state index is 13.0. The fourth-order valence-electron chi connectivity index (χ4n) is 4.05. The average Bonchev–Trinajstić information content (AvgIpc) is 3.14. The average molecular weight is 454 g/mol. The second-order valence-corrected chi connectivity index (χ2v) is 9.57. The molecule has 3 heterocycles. The lowest BCUT2D eigenvalue weighted by Gasteiger charge is -2.17. The Balaban J connectivity index is 1.41. The third-order valence-corrected chi connectivity index (χ3v) is 6.92. The van der Waals surface area contributed by atoms with Crippen molar-refractivity contribution < 1.29 is 9.90 Å². The molecule has 1 fully saturated rings. The minimum atomic E-state index is -0.293. The van der Waals surface area contributed by atoms with Gasteiger partial charge in [0.05, 0.1) is 29.0 Å². The summed E-state index contributed by atoms with van der Waals surface area (Å²) in [7, 11) is 0. The smallest absolute Gasteiger partial charge is 0.143 e. The van der Waals surface area contributed by atoms with E-state index in [0.29, 0.717) is 10.7 Å². The highest BCUT2D eigenvalue weighted by Crippen LogP contribution is 2.51. The van der Waals surface area contributed by atoms with E-state index in [0.717, 1.165) is 44.9 Å². The first-order valence-corrected chi connectivity index (χ1v) is 11.2. The summed E-state index contributed by atoms with van der Waals surface area (Å²) >= 11 is 7.92. The molecule has 0 amide bonds. The maximum Gasteiger partial charge on any atom is 0.143 e. The number of ketones is 1. The topological polar surface area (TPSA) is 93.8 Å². The zero-order valence-electron chi connectivity index (χ0n) is 16.9. The number of halogens is 1. The third kappa shape index (κ3) is 3.75. The number of Topliss-reactive ketones (excluding diaryl/α,β-unsaturated/α-hetero) is 1. The number of benzene rings is 1. The van der Waals surface area contributed by atoms with Gasteiger partial charge in [-0.3, -0.25) is 4.79 Å². The molecule has 1 aromatic carbocycles. The van der Waals surface area contributed by atoms with Crippen molar-refractivity contribution in [3.63, 3.8) is 0 Å². The van der Waals surface area contributed by atoms with E-state index in [1.54, 1.807) is 24.7 Å². The van der Waals surface area contributed by atoms with Crippen LogP contribution < -0.4 is 0 Å². The highest BCUT2D eigenvalue weighted by atomic mass is 35.5. The van der Waals surface area contributed by atoms with E-state index < -0.39 is 0 Å². The molecule has 158 valence electrons. The van der Waals surface area contributed by atoms with Crippen LogP contribution in [0.5, 0.6) is 0 Å². The van der Waals surface area contributed by atoms with E-state index >= 15 is 0 Å². The summed E-state index contributed by atoms with van der Waals surface area (Å²) in [5, 5.41) is 19.6. The molecule has 1 aliphatic rings. The number of aliphatic hydroxyl groups is 1. The zero-order valence-corrected chi connectivity index (χ0v) is 18.4. The van der Waals surface area contributed by atoms with E-state index in [-0.39, 0.29) is 30.6 Å². The monoisotopic (exact) mass is 453 g/mol. The normalized spacial score (nSPS) is 14.8. The van der Waals surface area contributed by atoms with Gasteiger partial charge in [0.1, 0.15) is 21.8 Å². The Morgan fingerprint density at radius 3 is 2.71 bits per heavy atom. The van der Waals surface area contributed by atoms with Gasteiger partial charge in [0.25, 0.3) is 0 Å². The quantitative estimate of drug-likeness (QED) is 0.459. The van der Waals surface area contributed by atoms with Gasteiger partial charge in [0, 0.05) is 24.5 Å². The predicted molar refractivity (Wildman–Crippen MR) is 119 cm³/mol. The molecule has 0 spiro atoms. The molecule has 9 heteroatoms. The molecule has 31 heavy (non-hydrogen) atoms. The number of aliphatic hydroxyl groups excluding tert-OH is 1. The predicted octanol–water partition coefficient (Wildman–Crippen LogP) is 3.61. The molecule has 0 bridgehead atoms. The van der Waals surface area contributed by atoms with Gasteiger partial charge in [0.15, 0.2) is 0 Å². The van der Waals surface area contributed by atoms with Crippen LogP contribution >= 0.6 is 22.9 Å². The van der Waals surface area contributed by atoms with Crippen molar-refractivity contribution in [3.05, 3.63) is 63.5 Å². The van der Waals surface area contributed by atoms with E-state index in [1.807, 2.05) is 19.1 Å². The fourth-order valence-corrected chi connectivity index (χ4v) is 5.09. The Morgan fingerprint density at radius 2 is 2.03 bits per heavy atom. The number of nitrogens with zero attached hydrogens (tertiary/aromatic N) is 5. The summed E-state index contributed by atoms with van der Waals surface area (Å²) in [6, 6.07) is 5.46. The molecule has 0 aliphatic heterocycles. The second-order valence-electron chi connectivity index (χ2n) is 7.98. The van der Waals surface area contributed by atoms with E-state index in [4.69, 9.17) is 11.6 Å². The molecule has 7 nitrogen and oxygen atoms in total. The molecule has 1 aliphatic carbocycles. The van der Waals surface area contributed by atoms with Gasteiger partial charge in [-0.25, -0.2) is 9.97 Å². The number of fused-ring (bicyclic) bond motifs is 1. The number of aryl methyl sites for hydroxylation is 1. The van der Waals surface area contributed by atoms with Gasteiger partial charge in [-0.15, -0.1) is 0 Å². The van der Waals surface area contributed by atoms with Crippen molar-refractivity contribution in [2.45, 2.75) is 38.0 Å². The Labute approximate surface area is 187 Å². The third-order valence-electron chi connectivity index (χ3n) is 5.73. The molecular formula is C22H20ClN5O2S. The number of hydrogen-bond acceptors (Lipinski definition) is 7. The van der Waals surface area contributed by atoms with Crippen molar-refractivity contribution in [1.82, 2.24) is 25.0 Å². The number of thiazole rings is 1. The number of hydrogen-bond donors (Lipinski definition) is 1. The largest absolute Gasteiger partial charge is 0.395 e. The summed E-state index contributed by atoms with van der Waals surface area (Å²) < 4.78 is 0. The molecule has 3 aromatic heterocycles. The van der Waals surface area contributed by atoms with Crippen LogP contribution in [0.25, 0.3) is 16.0 Å². The minimum Gasteiger partial charge on any atom is -0.395 e. The van der Waals surface area contributed by atoms with E-state index in [2.05, 4.69) is 20.2 Å². The summed E-state index contributed by atoms with van der Waals surface area (Å²) in [4.78, 5) is 24.5. The number of aromatic nitrogens is 5. The van der Waals surface area contributed by atoms with Gasteiger partial charge in [-0.1, -0.05) is 29.0 Å². The van der Waals surface area contributed by atoms with Crippen molar-refractivity contribution in [1.29, 1.82) is 0 Å². The van der Waals surface area contributed by atoms with Gasteiger partial charge in [-0.2, -0.15) is 15.0 Å². The Morgan fingerprint density at radius 1 is 1.26 bits per heavy atom. The highest BCUT2D eigenvalue weighted by molar-refractivity contribution is 7.18. The van der Waals surface area contributed by atoms with Crippen LogP contribution in [0.1, 0.15) is 34.5 Å². The summed E-state index contributed by atoms with van der Waals surface area (Å²) in [6.07, 6.45) is 7.25. The van der Waals surface area contributed by atoms with Crippen molar-refractivity contribution in [2.75, 3.05) is 6.61 Å². The van der Waals surface area contributed by atoms with Crippen molar-refractivity contribution in [3.8, 4) is 5.69 Å². The fraction of sp³-hybridized carbons (Fsp3) is 0.318. The summed E-state index contributed by atoms with van der Waals surface area (Å²) in [5.74, 6) is 0.0594. The highest BCUT2D eigenvalue weighted by Gasteiger charge is 2.47. The van der Waals surface area contributed by atoms with Crippen LogP contribution in [-0.4, -0.2) is 42.5 Å². The lowest BCUT2D eigenvalue weighted by Crippen LogP contribution is -2.18. The SMILES string of the molecule is Cc1nc2c(C3(CO)CC3)c(CC(=O)Cc3ccc(-n4nccn4)c(Cl)c3)cnc2s1. The minimum absolute atomic E-state index is 0.0579. The molecule has 5 rings (SSSR count). The molecule has 0 saturated heterocycles. The maximum atomic E-state index is 13.0. The van der Waals surface area contributed by atoms with E-state index in [9.17, 15) is 9.90 Å². The standard InChI is InChI=1S/C22H20ClN5O2S/c1-13-27-20-19(22(12-29)4-5-22)15(11-24-21(20)31-13)10-16(30)8-14-2-3-18(17(23)9-14)28-25-6-7-26-28/h2-3,6-7,9,11,29H,4-5,8,10,12H2,1H3. The molecule has 0 unspecified atom stereocenters. The lowest BCUT2D eigenvalue weighted by atomic mass is 9.89. The van der Waals surface area contributed by atoms with Crippen LogP contribution in [0.3, 0.4) is 0 Å². The van der Waals surface area contributed by atoms with Crippen LogP contribution in [-0.2, 0) is 23.1 Å². The Hall–Kier alpha value is -2.68. The first kappa shape index (κ1) is 20.2.